The number of carbonyl (C=O) groups is 2. The van der Waals surface area contributed by atoms with Gasteiger partial charge in [0.25, 0.3) is 6.26 Å². The fraction of sp³-hybridized carbons (Fsp3) is 0.667. The van der Waals surface area contributed by atoms with Crippen LogP contribution < -0.4 is 0 Å². The third-order valence-corrected chi connectivity index (χ3v) is 2.31. The van der Waals surface area contributed by atoms with Crippen molar-refractivity contribution >= 4 is 11.9 Å². The Morgan fingerprint density at radius 2 is 1.79 bits per heavy atom. The molecule has 0 spiro atoms. The smallest absolute Gasteiger partial charge is 0.338 e. The zero-order valence-electron chi connectivity index (χ0n) is 8.49. The van der Waals surface area contributed by atoms with E-state index in [9.17, 15) is 9.59 Å². The van der Waals surface area contributed by atoms with Gasteiger partial charge >= 0.3 is 11.9 Å². The molecule has 0 bridgehead atoms. The first-order chi connectivity index (χ1) is 6.58. The third kappa shape index (κ3) is 2.02. The standard InChI is InChI=1S/C9H13NO4/c1-4-9(5-2,7(11)13-3)8(12)14-6-10/h4-5H2,1-3H3. The fourth-order valence-electron chi connectivity index (χ4n) is 1.25. The van der Waals surface area contributed by atoms with Crippen LogP contribution in [0.1, 0.15) is 26.7 Å². The molecule has 0 atom stereocenters. The van der Waals surface area contributed by atoms with Gasteiger partial charge in [0.2, 0.25) is 0 Å². The maximum absolute atomic E-state index is 11.4. The molecule has 0 aromatic carbocycles. The van der Waals surface area contributed by atoms with Gasteiger partial charge in [-0.2, -0.15) is 0 Å². The van der Waals surface area contributed by atoms with Crippen molar-refractivity contribution in [2.24, 2.45) is 5.41 Å². The molecule has 0 aliphatic carbocycles. The summed E-state index contributed by atoms with van der Waals surface area (Å²) >= 11 is 0. The lowest BCUT2D eigenvalue weighted by molar-refractivity contribution is -0.167. The first-order valence-corrected chi connectivity index (χ1v) is 4.27. The normalized spacial score (nSPS) is 10.1. The number of methoxy groups -OCH3 is 1. The zero-order valence-corrected chi connectivity index (χ0v) is 8.49. The third-order valence-electron chi connectivity index (χ3n) is 2.31. The van der Waals surface area contributed by atoms with Crippen LogP contribution in [-0.2, 0) is 19.1 Å². The quantitative estimate of drug-likeness (QED) is 0.383. The van der Waals surface area contributed by atoms with Crippen LogP contribution in [0.25, 0.3) is 0 Å². The maximum atomic E-state index is 11.4. The Morgan fingerprint density at radius 1 is 1.29 bits per heavy atom. The van der Waals surface area contributed by atoms with Gasteiger partial charge in [0.05, 0.1) is 7.11 Å². The molecule has 0 N–H and O–H groups in total. The van der Waals surface area contributed by atoms with Crippen molar-refractivity contribution in [1.29, 1.82) is 5.26 Å². The Labute approximate surface area is 82.6 Å². The minimum Gasteiger partial charge on any atom is -0.468 e. The second-order valence-electron chi connectivity index (χ2n) is 2.76. The van der Waals surface area contributed by atoms with Crippen molar-refractivity contribution < 1.29 is 19.1 Å². The fourth-order valence-corrected chi connectivity index (χ4v) is 1.25. The number of ether oxygens (including phenoxy) is 2. The maximum Gasteiger partial charge on any atom is 0.338 e. The number of hydrogen-bond acceptors (Lipinski definition) is 5. The lowest BCUT2D eigenvalue weighted by Gasteiger charge is -2.23. The second-order valence-corrected chi connectivity index (χ2v) is 2.76. The van der Waals surface area contributed by atoms with Gasteiger partial charge in [-0.05, 0) is 12.8 Å². The summed E-state index contributed by atoms with van der Waals surface area (Å²) in [5, 5.41) is 8.20. The summed E-state index contributed by atoms with van der Waals surface area (Å²) in [5.41, 5.74) is -1.34. The van der Waals surface area contributed by atoms with E-state index in [2.05, 4.69) is 9.47 Å². The summed E-state index contributed by atoms with van der Waals surface area (Å²) < 4.78 is 8.69. The number of esters is 2. The number of rotatable bonds is 4. The van der Waals surface area contributed by atoms with Crippen LogP contribution in [0.4, 0.5) is 0 Å². The van der Waals surface area contributed by atoms with E-state index in [0.717, 1.165) is 0 Å². The molecule has 5 heteroatoms. The van der Waals surface area contributed by atoms with Gasteiger partial charge in [-0.1, -0.05) is 13.8 Å². The summed E-state index contributed by atoms with van der Waals surface area (Å²) in [6.07, 6.45) is 1.76. The Balaban J connectivity index is 4.98. The lowest BCUT2D eigenvalue weighted by atomic mass is 9.82. The molecule has 0 aliphatic heterocycles. The molecule has 0 rings (SSSR count). The highest BCUT2D eigenvalue weighted by Crippen LogP contribution is 2.29. The highest BCUT2D eigenvalue weighted by atomic mass is 16.5. The first-order valence-electron chi connectivity index (χ1n) is 4.27. The zero-order chi connectivity index (χ0) is 11.2. The highest BCUT2D eigenvalue weighted by molar-refractivity contribution is 6.00. The van der Waals surface area contributed by atoms with Crippen molar-refractivity contribution in [2.75, 3.05) is 7.11 Å². The molecule has 0 aliphatic rings. The van der Waals surface area contributed by atoms with Crippen molar-refractivity contribution in [3.63, 3.8) is 0 Å². The van der Waals surface area contributed by atoms with E-state index in [1.165, 1.54) is 13.4 Å². The Bertz CT molecular complexity index is 262. The summed E-state index contributed by atoms with van der Waals surface area (Å²) in [7, 11) is 1.20. The summed E-state index contributed by atoms with van der Waals surface area (Å²) in [6.45, 7) is 3.33. The highest BCUT2D eigenvalue weighted by Gasteiger charge is 2.45. The molecule has 14 heavy (non-hydrogen) atoms. The van der Waals surface area contributed by atoms with Crippen molar-refractivity contribution in [3.05, 3.63) is 0 Å². The molecule has 0 saturated carbocycles. The van der Waals surface area contributed by atoms with Crippen LogP contribution in [0, 0.1) is 16.9 Å². The molecule has 0 amide bonds. The van der Waals surface area contributed by atoms with E-state index < -0.39 is 17.4 Å². The molecular weight excluding hydrogens is 186 g/mol. The number of hydrogen-bond donors (Lipinski definition) is 0. The first kappa shape index (κ1) is 12.4. The van der Waals surface area contributed by atoms with Gasteiger partial charge in [-0.15, -0.1) is 5.26 Å². The molecule has 0 aromatic rings. The largest absolute Gasteiger partial charge is 0.468 e. The minimum atomic E-state index is -1.34. The van der Waals surface area contributed by atoms with Gasteiger partial charge in [-0.25, -0.2) is 4.79 Å². The van der Waals surface area contributed by atoms with Gasteiger partial charge in [0.1, 0.15) is 0 Å². The predicted molar refractivity (Wildman–Crippen MR) is 46.7 cm³/mol. The lowest BCUT2D eigenvalue weighted by Crippen LogP contribution is -2.40. The van der Waals surface area contributed by atoms with Crippen LogP contribution in [0.15, 0.2) is 0 Å². The van der Waals surface area contributed by atoms with E-state index in [4.69, 9.17) is 5.26 Å². The Hall–Kier alpha value is -1.57. The van der Waals surface area contributed by atoms with E-state index in [-0.39, 0.29) is 12.8 Å². The molecule has 78 valence electrons. The number of nitriles is 1. The molecule has 0 unspecified atom stereocenters. The van der Waals surface area contributed by atoms with Gasteiger partial charge in [0, 0.05) is 0 Å². The SMILES string of the molecule is CCC(CC)(C(=O)OC)C(=O)OC#N. The monoisotopic (exact) mass is 199 g/mol. The van der Waals surface area contributed by atoms with Gasteiger partial charge < -0.3 is 9.47 Å². The molecule has 0 radical (unpaired) electrons. The van der Waals surface area contributed by atoms with Crippen LogP contribution in [-0.4, -0.2) is 19.0 Å². The summed E-state index contributed by atoms with van der Waals surface area (Å²) in [6, 6.07) is 0. The minimum absolute atomic E-state index is 0.247. The summed E-state index contributed by atoms with van der Waals surface area (Å²) in [4.78, 5) is 22.8. The topological polar surface area (TPSA) is 76.4 Å². The van der Waals surface area contributed by atoms with Crippen LogP contribution >= 0.6 is 0 Å². The predicted octanol–water partition coefficient (Wildman–Crippen LogP) is 0.990. The van der Waals surface area contributed by atoms with E-state index in [1.54, 1.807) is 13.8 Å². The van der Waals surface area contributed by atoms with Gasteiger partial charge in [-0.3, -0.25) is 4.79 Å². The molecule has 0 fully saturated rings. The second kappa shape index (κ2) is 5.22. The van der Waals surface area contributed by atoms with Crippen molar-refractivity contribution in [1.82, 2.24) is 0 Å². The van der Waals surface area contributed by atoms with Crippen LogP contribution in [0.2, 0.25) is 0 Å². The molecule has 5 nitrogen and oxygen atoms in total. The Morgan fingerprint density at radius 3 is 2.07 bits per heavy atom. The number of carbonyl (C=O) groups excluding carboxylic acids is 2. The molecule has 0 heterocycles. The van der Waals surface area contributed by atoms with Crippen molar-refractivity contribution in [3.8, 4) is 6.26 Å². The van der Waals surface area contributed by atoms with Crippen LogP contribution in [0.5, 0.6) is 0 Å². The molecular formula is C9H13NO4. The van der Waals surface area contributed by atoms with Gasteiger partial charge in [0.15, 0.2) is 5.41 Å². The Kier molecular flexibility index (Phi) is 4.64. The van der Waals surface area contributed by atoms with Crippen molar-refractivity contribution in [2.45, 2.75) is 26.7 Å². The van der Waals surface area contributed by atoms with E-state index in [0.29, 0.717) is 0 Å². The van der Waals surface area contributed by atoms with E-state index >= 15 is 0 Å². The number of nitrogens with zero attached hydrogens (tertiary/aromatic N) is 1. The van der Waals surface area contributed by atoms with Crippen LogP contribution in [0.3, 0.4) is 0 Å². The average Bonchev–Trinajstić information content (AvgIpc) is 2.20. The van der Waals surface area contributed by atoms with E-state index in [1.807, 2.05) is 0 Å². The molecule has 0 aromatic heterocycles. The summed E-state index contributed by atoms with van der Waals surface area (Å²) in [5.74, 6) is -1.51. The molecule has 0 saturated heterocycles. The average molecular weight is 199 g/mol.